The first-order chi connectivity index (χ1) is 9.26. The fraction of sp³-hybridized carbons (Fsp3) is 0.375. The van der Waals surface area contributed by atoms with Crippen molar-refractivity contribution in [2.75, 3.05) is 6.54 Å². The second-order valence-corrected chi connectivity index (χ2v) is 5.58. The van der Waals surface area contributed by atoms with Gasteiger partial charge < -0.3 is 9.73 Å². The highest BCUT2D eigenvalue weighted by Gasteiger charge is 2.14. The molecule has 19 heavy (non-hydrogen) atoms. The van der Waals surface area contributed by atoms with E-state index in [9.17, 15) is 0 Å². The quantitative estimate of drug-likeness (QED) is 0.819. The standard InChI is InChI=1S/C16H21NOS/c1-4-14(17-5-2)13-8-6-7-9-16(13)19-15-10-11-18-12(15)3/h6-11,14,17H,4-5H2,1-3H3. The van der Waals surface area contributed by atoms with Gasteiger partial charge in [-0.15, -0.1) is 0 Å². The molecule has 1 aromatic carbocycles. The molecule has 0 spiro atoms. The minimum Gasteiger partial charge on any atom is -0.468 e. The molecule has 2 aromatic rings. The molecule has 0 aliphatic rings. The van der Waals surface area contributed by atoms with Crippen molar-refractivity contribution in [1.29, 1.82) is 0 Å². The smallest absolute Gasteiger partial charge is 0.114 e. The van der Waals surface area contributed by atoms with E-state index in [1.807, 2.05) is 13.0 Å². The molecule has 3 heteroatoms. The minimum absolute atomic E-state index is 0.418. The molecule has 2 rings (SSSR count). The van der Waals surface area contributed by atoms with E-state index in [4.69, 9.17) is 4.42 Å². The van der Waals surface area contributed by atoms with E-state index in [0.717, 1.165) is 18.7 Å². The summed E-state index contributed by atoms with van der Waals surface area (Å²) in [4.78, 5) is 2.50. The van der Waals surface area contributed by atoms with Crippen LogP contribution in [0.5, 0.6) is 0 Å². The second kappa shape index (κ2) is 6.83. The van der Waals surface area contributed by atoms with Gasteiger partial charge in [-0.1, -0.05) is 43.8 Å². The van der Waals surface area contributed by atoms with Gasteiger partial charge in [0.15, 0.2) is 0 Å². The van der Waals surface area contributed by atoms with Crippen LogP contribution >= 0.6 is 11.8 Å². The molecule has 0 aliphatic heterocycles. The highest BCUT2D eigenvalue weighted by Crippen LogP contribution is 2.36. The largest absolute Gasteiger partial charge is 0.468 e. The third-order valence-corrected chi connectivity index (χ3v) is 4.42. The van der Waals surface area contributed by atoms with Crippen molar-refractivity contribution in [3.8, 4) is 0 Å². The molecule has 0 bridgehead atoms. The predicted molar refractivity (Wildman–Crippen MR) is 80.7 cm³/mol. The summed E-state index contributed by atoms with van der Waals surface area (Å²) in [7, 11) is 0. The Morgan fingerprint density at radius 1 is 1.16 bits per heavy atom. The van der Waals surface area contributed by atoms with Crippen LogP contribution in [0.1, 0.15) is 37.6 Å². The van der Waals surface area contributed by atoms with Crippen molar-refractivity contribution in [3.05, 3.63) is 47.9 Å². The molecule has 0 aliphatic carbocycles. The predicted octanol–water partition coefficient (Wildman–Crippen LogP) is 4.80. The Hall–Kier alpha value is -1.19. The van der Waals surface area contributed by atoms with E-state index in [2.05, 4.69) is 43.4 Å². The lowest BCUT2D eigenvalue weighted by Gasteiger charge is -2.19. The maximum atomic E-state index is 5.37. The van der Waals surface area contributed by atoms with E-state index in [-0.39, 0.29) is 0 Å². The number of aryl methyl sites for hydroxylation is 1. The SMILES string of the molecule is CCNC(CC)c1ccccc1Sc1ccoc1C. The van der Waals surface area contributed by atoms with Crippen LogP contribution in [0.25, 0.3) is 0 Å². The number of nitrogens with one attached hydrogen (secondary N) is 1. The lowest BCUT2D eigenvalue weighted by Crippen LogP contribution is -2.20. The van der Waals surface area contributed by atoms with Crippen molar-refractivity contribution >= 4 is 11.8 Å². The Morgan fingerprint density at radius 3 is 2.58 bits per heavy atom. The van der Waals surface area contributed by atoms with Gasteiger partial charge in [0.25, 0.3) is 0 Å². The molecular weight excluding hydrogens is 254 g/mol. The zero-order chi connectivity index (χ0) is 13.7. The van der Waals surface area contributed by atoms with Gasteiger partial charge in [-0.2, -0.15) is 0 Å². The van der Waals surface area contributed by atoms with E-state index >= 15 is 0 Å². The molecule has 0 fully saturated rings. The topological polar surface area (TPSA) is 25.2 Å². The number of rotatable bonds is 6. The average molecular weight is 275 g/mol. The van der Waals surface area contributed by atoms with Crippen LogP contribution in [0.4, 0.5) is 0 Å². The Labute approximate surface area is 119 Å². The monoisotopic (exact) mass is 275 g/mol. The normalized spacial score (nSPS) is 12.6. The van der Waals surface area contributed by atoms with Gasteiger partial charge in [-0.25, -0.2) is 0 Å². The van der Waals surface area contributed by atoms with Crippen LogP contribution in [0.3, 0.4) is 0 Å². The maximum Gasteiger partial charge on any atom is 0.114 e. The summed E-state index contributed by atoms with van der Waals surface area (Å²) in [6, 6.07) is 11.1. The van der Waals surface area contributed by atoms with E-state index < -0.39 is 0 Å². The van der Waals surface area contributed by atoms with Gasteiger partial charge in [0.1, 0.15) is 5.76 Å². The van der Waals surface area contributed by atoms with Gasteiger partial charge in [-0.05, 0) is 37.6 Å². The van der Waals surface area contributed by atoms with E-state index in [1.54, 1.807) is 18.0 Å². The second-order valence-electron chi connectivity index (χ2n) is 4.50. The molecule has 2 nitrogen and oxygen atoms in total. The lowest BCUT2D eigenvalue weighted by atomic mass is 10.0. The van der Waals surface area contributed by atoms with Crippen LogP contribution in [0.15, 0.2) is 50.8 Å². The molecule has 0 saturated heterocycles. The Kier molecular flexibility index (Phi) is 5.11. The first-order valence-corrected chi connectivity index (χ1v) is 7.62. The first-order valence-electron chi connectivity index (χ1n) is 6.80. The third kappa shape index (κ3) is 3.43. The molecule has 0 saturated carbocycles. The highest BCUT2D eigenvalue weighted by molar-refractivity contribution is 7.99. The summed E-state index contributed by atoms with van der Waals surface area (Å²) >= 11 is 1.78. The van der Waals surface area contributed by atoms with Crippen molar-refractivity contribution in [1.82, 2.24) is 5.32 Å². The molecule has 1 atom stereocenters. The Morgan fingerprint density at radius 2 is 1.95 bits per heavy atom. The van der Waals surface area contributed by atoms with Gasteiger partial charge >= 0.3 is 0 Å². The Bertz CT molecular complexity index is 521. The van der Waals surface area contributed by atoms with Crippen molar-refractivity contribution in [3.63, 3.8) is 0 Å². The van der Waals surface area contributed by atoms with Crippen molar-refractivity contribution in [2.24, 2.45) is 0 Å². The van der Waals surface area contributed by atoms with Crippen LogP contribution in [0, 0.1) is 6.92 Å². The summed E-state index contributed by atoms with van der Waals surface area (Å²) in [5.41, 5.74) is 1.37. The Balaban J connectivity index is 2.27. The molecule has 0 amide bonds. The van der Waals surface area contributed by atoms with Crippen molar-refractivity contribution in [2.45, 2.75) is 43.0 Å². The fourth-order valence-electron chi connectivity index (χ4n) is 2.18. The average Bonchev–Trinajstić information content (AvgIpc) is 2.83. The number of benzene rings is 1. The zero-order valence-corrected chi connectivity index (χ0v) is 12.6. The summed E-state index contributed by atoms with van der Waals surface area (Å²) in [5, 5.41) is 3.55. The summed E-state index contributed by atoms with van der Waals surface area (Å²) in [6.07, 6.45) is 2.84. The molecule has 1 aromatic heterocycles. The zero-order valence-electron chi connectivity index (χ0n) is 11.8. The summed E-state index contributed by atoms with van der Waals surface area (Å²) in [5.74, 6) is 0.983. The van der Waals surface area contributed by atoms with Gasteiger partial charge in [0, 0.05) is 10.9 Å². The van der Waals surface area contributed by atoms with Crippen LogP contribution in [0.2, 0.25) is 0 Å². The number of hydrogen-bond donors (Lipinski definition) is 1. The number of furan rings is 1. The van der Waals surface area contributed by atoms with Crippen molar-refractivity contribution < 1.29 is 4.42 Å². The van der Waals surface area contributed by atoms with Gasteiger partial charge in [0.05, 0.1) is 11.2 Å². The molecule has 102 valence electrons. The first kappa shape index (κ1) is 14.2. The molecule has 1 heterocycles. The van der Waals surface area contributed by atoms with Crippen LogP contribution < -0.4 is 5.32 Å². The molecule has 1 N–H and O–H groups in total. The maximum absolute atomic E-state index is 5.37. The number of hydrogen-bond acceptors (Lipinski definition) is 3. The van der Waals surface area contributed by atoms with Gasteiger partial charge in [0.2, 0.25) is 0 Å². The van der Waals surface area contributed by atoms with E-state index in [1.165, 1.54) is 15.4 Å². The third-order valence-electron chi connectivity index (χ3n) is 3.18. The molecular formula is C16H21NOS. The molecule has 0 radical (unpaired) electrons. The highest BCUT2D eigenvalue weighted by atomic mass is 32.2. The van der Waals surface area contributed by atoms with Crippen LogP contribution in [-0.2, 0) is 0 Å². The summed E-state index contributed by atoms with van der Waals surface area (Å²) < 4.78 is 5.37. The fourth-order valence-corrected chi connectivity index (χ4v) is 3.21. The lowest BCUT2D eigenvalue weighted by molar-refractivity contribution is 0.526. The minimum atomic E-state index is 0.418. The summed E-state index contributed by atoms with van der Waals surface area (Å²) in [6.45, 7) is 7.37. The van der Waals surface area contributed by atoms with Gasteiger partial charge in [-0.3, -0.25) is 0 Å². The van der Waals surface area contributed by atoms with Crippen LogP contribution in [-0.4, -0.2) is 6.54 Å². The molecule has 1 unspecified atom stereocenters. The van der Waals surface area contributed by atoms with E-state index in [0.29, 0.717) is 6.04 Å².